The molecule has 1 saturated heterocycles. The number of rotatable bonds is 6. The zero-order chi connectivity index (χ0) is 20.9. The van der Waals surface area contributed by atoms with Gasteiger partial charge in [0.2, 0.25) is 6.79 Å². The maximum Gasteiger partial charge on any atom is 0.278 e. The quantitative estimate of drug-likeness (QED) is 0.766. The van der Waals surface area contributed by atoms with E-state index in [9.17, 15) is 9.59 Å². The van der Waals surface area contributed by atoms with E-state index in [0.29, 0.717) is 32.7 Å². The molecule has 7 heteroatoms. The Morgan fingerprint density at radius 3 is 2.50 bits per heavy atom. The fraction of sp³-hybridized carbons (Fsp3) is 0.391. The Bertz CT molecular complexity index is 895. The Hall–Kier alpha value is -3.06. The number of fused-ring (bicyclic) bond motifs is 1. The van der Waals surface area contributed by atoms with E-state index in [1.807, 2.05) is 65.3 Å². The van der Waals surface area contributed by atoms with E-state index < -0.39 is 0 Å². The van der Waals surface area contributed by atoms with Crippen LogP contribution in [0.4, 0.5) is 0 Å². The summed E-state index contributed by atoms with van der Waals surface area (Å²) in [5.41, 5.74) is 1.75. The topological polar surface area (TPSA) is 63.5 Å². The SMILES string of the molecule is CCN(Cc1ccc2c(c1)OCO2)C(=O)C[NH+]1CCN(C(=O)c2ccccc2)CC1. The first-order valence-electron chi connectivity index (χ1n) is 10.5. The van der Waals surface area contributed by atoms with Crippen LogP contribution in [-0.4, -0.2) is 67.7 Å². The molecule has 0 aliphatic carbocycles. The van der Waals surface area contributed by atoms with Crippen LogP contribution >= 0.6 is 0 Å². The van der Waals surface area contributed by atoms with Gasteiger partial charge in [0, 0.05) is 18.7 Å². The number of amides is 2. The van der Waals surface area contributed by atoms with Crippen LogP contribution in [0.3, 0.4) is 0 Å². The number of carbonyl (C=O) groups is 2. The zero-order valence-electron chi connectivity index (χ0n) is 17.3. The van der Waals surface area contributed by atoms with Crippen LogP contribution in [-0.2, 0) is 11.3 Å². The number of benzene rings is 2. The Labute approximate surface area is 176 Å². The third-order valence-corrected chi connectivity index (χ3v) is 5.72. The number of nitrogens with one attached hydrogen (secondary N) is 1. The van der Waals surface area contributed by atoms with Gasteiger partial charge in [-0.3, -0.25) is 9.59 Å². The minimum Gasteiger partial charge on any atom is -0.454 e. The van der Waals surface area contributed by atoms with Crippen molar-refractivity contribution in [2.75, 3.05) is 46.1 Å². The molecule has 0 unspecified atom stereocenters. The minimum atomic E-state index is 0.0685. The summed E-state index contributed by atoms with van der Waals surface area (Å²) in [5.74, 6) is 1.69. The van der Waals surface area contributed by atoms with Crippen molar-refractivity contribution in [2.24, 2.45) is 0 Å². The molecule has 158 valence electrons. The molecule has 2 amide bonds. The number of carbonyl (C=O) groups excluding carboxylic acids is 2. The minimum absolute atomic E-state index is 0.0685. The van der Waals surface area contributed by atoms with Gasteiger partial charge < -0.3 is 24.2 Å². The van der Waals surface area contributed by atoms with Gasteiger partial charge in [-0.25, -0.2) is 0 Å². The van der Waals surface area contributed by atoms with Crippen molar-refractivity contribution in [1.29, 1.82) is 0 Å². The van der Waals surface area contributed by atoms with Crippen LogP contribution in [0.2, 0.25) is 0 Å². The van der Waals surface area contributed by atoms with Gasteiger partial charge in [-0.1, -0.05) is 24.3 Å². The summed E-state index contributed by atoms with van der Waals surface area (Å²) < 4.78 is 10.8. The van der Waals surface area contributed by atoms with Crippen LogP contribution in [0.25, 0.3) is 0 Å². The van der Waals surface area contributed by atoms with Crippen molar-refractivity contribution in [2.45, 2.75) is 13.5 Å². The van der Waals surface area contributed by atoms with Gasteiger partial charge in [-0.15, -0.1) is 0 Å². The lowest BCUT2D eigenvalue weighted by atomic mass is 10.1. The Balaban J connectivity index is 1.28. The standard InChI is InChI=1S/C23H27N3O4/c1-2-25(15-18-8-9-20-21(14-18)30-17-29-20)22(27)16-24-10-12-26(13-11-24)23(28)19-6-4-3-5-7-19/h3-9,14H,2,10-13,15-17H2,1H3/p+1. The van der Waals surface area contributed by atoms with Gasteiger partial charge >= 0.3 is 0 Å². The molecule has 2 aromatic rings. The smallest absolute Gasteiger partial charge is 0.278 e. The summed E-state index contributed by atoms with van der Waals surface area (Å²) in [6, 6.07) is 15.2. The maximum absolute atomic E-state index is 12.9. The van der Waals surface area contributed by atoms with E-state index in [2.05, 4.69) is 0 Å². The molecule has 2 aliphatic heterocycles. The third-order valence-electron chi connectivity index (χ3n) is 5.72. The highest BCUT2D eigenvalue weighted by Gasteiger charge is 2.27. The monoisotopic (exact) mass is 410 g/mol. The van der Waals surface area contributed by atoms with Crippen molar-refractivity contribution in [3.63, 3.8) is 0 Å². The molecule has 30 heavy (non-hydrogen) atoms. The second-order valence-corrected chi connectivity index (χ2v) is 7.68. The molecule has 7 nitrogen and oxygen atoms in total. The average Bonchev–Trinajstić information content (AvgIpc) is 3.26. The van der Waals surface area contributed by atoms with E-state index in [1.54, 1.807) is 0 Å². The first-order valence-corrected chi connectivity index (χ1v) is 10.5. The Morgan fingerprint density at radius 1 is 1.03 bits per heavy atom. The molecule has 0 bridgehead atoms. The fourth-order valence-corrected chi connectivity index (χ4v) is 3.93. The molecule has 2 heterocycles. The number of quaternary nitrogens is 1. The molecular formula is C23H28N3O4+. The number of piperazine rings is 1. The Morgan fingerprint density at radius 2 is 1.77 bits per heavy atom. The molecule has 1 fully saturated rings. The van der Waals surface area contributed by atoms with E-state index >= 15 is 0 Å². The lowest BCUT2D eigenvalue weighted by Crippen LogP contribution is -3.15. The molecule has 0 aromatic heterocycles. The molecule has 0 radical (unpaired) electrons. The normalized spacial score (nSPS) is 15.8. The summed E-state index contributed by atoms with van der Waals surface area (Å²) in [5, 5.41) is 0. The summed E-state index contributed by atoms with van der Waals surface area (Å²) in [4.78, 5) is 30.4. The van der Waals surface area contributed by atoms with Gasteiger partial charge in [0.1, 0.15) is 0 Å². The van der Waals surface area contributed by atoms with Gasteiger partial charge in [-0.2, -0.15) is 0 Å². The van der Waals surface area contributed by atoms with Crippen LogP contribution < -0.4 is 14.4 Å². The van der Waals surface area contributed by atoms with E-state index in [-0.39, 0.29) is 18.6 Å². The van der Waals surface area contributed by atoms with Crippen molar-refractivity contribution in [3.8, 4) is 11.5 Å². The highest BCUT2D eigenvalue weighted by Crippen LogP contribution is 2.32. The number of hydrogen-bond donors (Lipinski definition) is 1. The van der Waals surface area contributed by atoms with Gasteiger partial charge in [0.15, 0.2) is 18.0 Å². The number of ether oxygens (including phenoxy) is 2. The third kappa shape index (κ3) is 4.57. The molecule has 1 N–H and O–H groups in total. The predicted molar refractivity (Wildman–Crippen MR) is 112 cm³/mol. The van der Waals surface area contributed by atoms with Crippen LogP contribution in [0.1, 0.15) is 22.8 Å². The van der Waals surface area contributed by atoms with Crippen molar-refractivity contribution in [3.05, 3.63) is 59.7 Å². The van der Waals surface area contributed by atoms with Gasteiger partial charge in [0.25, 0.3) is 11.8 Å². The number of likely N-dealkylation sites (N-methyl/N-ethyl adjacent to an activating group) is 1. The largest absolute Gasteiger partial charge is 0.454 e. The zero-order valence-corrected chi connectivity index (χ0v) is 17.3. The highest BCUT2D eigenvalue weighted by atomic mass is 16.7. The predicted octanol–water partition coefficient (Wildman–Crippen LogP) is 0.805. The summed E-state index contributed by atoms with van der Waals surface area (Å²) in [6.45, 7) is 6.81. The second kappa shape index (κ2) is 9.17. The fourth-order valence-electron chi connectivity index (χ4n) is 3.93. The van der Waals surface area contributed by atoms with Crippen molar-refractivity contribution < 1.29 is 24.0 Å². The average molecular weight is 410 g/mol. The number of nitrogens with zero attached hydrogens (tertiary/aromatic N) is 2. The summed E-state index contributed by atoms with van der Waals surface area (Å²) in [6.07, 6.45) is 0. The lowest BCUT2D eigenvalue weighted by Gasteiger charge is -2.33. The first-order chi connectivity index (χ1) is 14.6. The molecule has 0 spiro atoms. The first kappa shape index (κ1) is 20.2. The molecule has 4 rings (SSSR count). The summed E-state index contributed by atoms with van der Waals surface area (Å²) >= 11 is 0. The second-order valence-electron chi connectivity index (χ2n) is 7.68. The molecule has 0 saturated carbocycles. The van der Waals surface area contributed by atoms with Crippen molar-refractivity contribution >= 4 is 11.8 Å². The lowest BCUT2D eigenvalue weighted by molar-refractivity contribution is -0.896. The van der Waals surface area contributed by atoms with Crippen LogP contribution in [0.15, 0.2) is 48.5 Å². The molecule has 2 aliphatic rings. The van der Waals surface area contributed by atoms with Crippen LogP contribution in [0.5, 0.6) is 11.5 Å². The van der Waals surface area contributed by atoms with Gasteiger partial charge in [-0.05, 0) is 36.8 Å². The van der Waals surface area contributed by atoms with Gasteiger partial charge in [0.05, 0.1) is 26.2 Å². The number of hydrogen-bond acceptors (Lipinski definition) is 4. The molecule has 0 atom stereocenters. The highest BCUT2D eigenvalue weighted by molar-refractivity contribution is 5.94. The van der Waals surface area contributed by atoms with E-state index in [1.165, 1.54) is 4.90 Å². The summed E-state index contributed by atoms with van der Waals surface area (Å²) in [7, 11) is 0. The molecule has 2 aromatic carbocycles. The van der Waals surface area contributed by atoms with Crippen LogP contribution in [0, 0.1) is 0 Å². The van der Waals surface area contributed by atoms with Crippen molar-refractivity contribution in [1.82, 2.24) is 9.80 Å². The Kier molecular flexibility index (Phi) is 6.18. The molecular weight excluding hydrogens is 382 g/mol. The maximum atomic E-state index is 12.9. The van der Waals surface area contributed by atoms with E-state index in [4.69, 9.17) is 9.47 Å². The van der Waals surface area contributed by atoms with E-state index in [0.717, 1.165) is 35.7 Å².